The number of hydrogen-bond donors (Lipinski definition) is 1. The van der Waals surface area contributed by atoms with Crippen LogP contribution in [0, 0.1) is 13.8 Å². The van der Waals surface area contributed by atoms with Crippen LogP contribution in [0.5, 0.6) is 0 Å². The SMILES string of the molecule is Cc1ccccc1C.O=C(O)C[SiH3]. The lowest BCUT2D eigenvalue weighted by molar-refractivity contribution is -0.134. The molecule has 0 saturated heterocycles. The molecule has 0 atom stereocenters. The van der Waals surface area contributed by atoms with Crippen LogP contribution in [-0.2, 0) is 4.79 Å². The molecule has 0 bridgehead atoms. The third-order valence-electron chi connectivity index (χ3n) is 1.73. The summed E-state index contributed by atoms with van der Waals surface area (Å²) < 4.78 is 0. The zero-order valence-corrected chi connectivity index (χ0v) is 10.4. The van der Waals surface area contributed by atoms with Gasteiger partial charge < -0.3 is 5.11 Å². The smallest absolute Gasteiger partial charge is 0.299 e. The summed E-state index contributed by atoms with van der Waals surface area (Å²) in [5, 5.41) is 7.76. The molecule has 0 unspecified atom stereocenters. The quantitative estimate of drug-likeness (QED) is 0.684. The molecule has 0 fully saturated rings. The fourth-order valence-electron chi connectivity index (χ4n) is 0.663. The van der Waals surface area contributed by atoms with Gasteiger partial charge >= 0.3 is 0 Å². The van der Waals surface area contributed by atoms with E-state index in [2.05, 4.69) is 38.1 Å². The Morgan fingerprint density at radius 2 is 1.62 bits per heavy atom. The molecule has 2 nitrogen and oxygen atoms in total. The molecule has 0 heterocycles. The maximum atomic E-state index is 9.40. The average Bonchev–Trinajstić information content (AvgIpc) is 2.11. The van der Waals surface area contributed by atoms with E-state index in [-0.39, 0.29) is 0 Å². The Balaban J connectivity index is 0.000000252. The summed E-state index contributed by atoms with van der Waals surface area (Å²) in [7, 11) is 0.774. The molecular weight excluding hydrogens is 180 g/mol. The van der Waals surface area contributed by atoms with Gasteiger partial charge in [0.1, 0.15) is 0 Å². The van der Waals surface area contributed by atoms with Gasteiger partial charge in [0.05, 0.1) is 0 Å². The van der Waals surface area contributed by atoms with E-state index < -0.39 is 5.97 Å². The highest BCUT2D eigenvalue weighted by Gasteiger charge is 1.83. The van der Waals surface area contributed by atoms with Crippen molar-refractivity contribution in [2.45, 2.75) is 19.9 Å². The first-order valence-electron chi connectivity index (χ1n) is 4.32. The summed E-state index contributed by atoms with van der Waals surface area (Å²) in [4.78, 5) is 9.40. The number of rotatable bonds is 1. The monoisotopic (exact) mass is 196 g/mol. The molecule has 0 aromatic heterocycles. The summed E-state index contributed by atoms with van der Waals surface area (Å²) in [6.45, 7) is 4.24. The third-order valence-corrected chi connectivity index (χ3v) is 2.33. The molecule has 1 N–H and O–H groups in total. The number of aliphatic carboxylic acids is 1. The van der Waals surface area contributed by atoms with E-state index in [0.29, 0.717) is 6.04 Å². The largest absolute Gasteiger partial charge is 0.481 e. The highest BCUT2D eigenvalue weighted by atomic mass is 28.1. The van der Waals surface area contributed by atoms with Crippen molar-refractivity contribution < 1.29 is 9.90 Å². The number of aryl methyl sites for hydroxylation is 2. The van der Waals surface area contributed by atoms with Gasteiger partial charge in [-0.05, 0) is 25.0 Å². The fraction of sp³-hybridized carbons (Fsp3) is 0.300. The number of hydrogen-bond acceptors (Lipinski definition) is 1. The molecule has 0 aliphatic rings. The van der Waals surface area contributed by atoms with Crippen molar-refractivity contribution in [2.75, 3.05) is 0 Å². The molecule has 0 aliphatic carbocycles. The Bertz CT molecular complexity index is 250. The molecule has 0 amide bonds. The highest BCUT2D eigenvalue weighted by molar-refractivity contribution is 6.18. The fourth-order valence-corrected chi connectivity index (χ4v) is 0.663. The lowest BCUT2D eigenvalue weighted by atomic mass is 10.1. The van der Waals surface area contributed by atoms with E-state index in [4.69, 9.17) is 5.11 Å². The Morgan fingerprint density at radius 1 is 1.31 bits per heavy atom. The van der Waals surface area contributed by atoms with Gasteiger partial charge in [0.15, 0.2) is 0 Å². The molecule has 1 aromatic carbocycles. The summed E-state index contributed by atoms with van der Waals surface area (Å²) >= 11 is 0. The van der Waals surface area contributed by atoms with Crippen molar-refractivity contribution in [1.29, 1.82) is 0 Å². The number of carboxylic acids is 1. The molecule has 72 valence electrons. The van der Waals surface area contributed by atoms with Gasteiger partial charge in [-0.3, -0.25) is 4.79 Å². The van der Waals surface area contributed by atoms with E-state index in [1.165, 1.54) is 11.1 Å². The maximum Gasteiger partial charge on any atom is 0.299 e. The van der Waals surface area contributed by atoms with Crippen LogP contribution in [0.3, 0.4) is 0 Å². The Labute approximate surface area is 82.0 Å². The van der Waals surface area contributed by atoms with Crippen LogP contribution in [0.25, 0.3) is 0 Å². The van der Waals surface area contributed by atoms with E-state index in [0.717, 1.165) is 10.2 Å². The van der Waals surface area contributed by atoms with Crippen molar-refractivity contribution >= 4 is 16.2 Å². The van der Waals surface area contributed by atoms with Gasteiger partial charge in [-0.15, -0.1) is 0 Å². The van der Waals surface area contributed by atoms with Crippen molar-refractivity contribution in [3.63, 3.8) is 0 Å². The summed E-state index contributed by atoms with van der Waals surface area (Å²) in [5.74, 6) is -0.684. The normalized spacial score (nSPS) is 8.77. The van der Waals surface area contributed by atoms with Crippen LogP contribution < -0.4 is 0 Å². The second-order valence-corrected chi connectivity index (χ2v) is 3.54. The summed E-state index contributed by atoms with van der Waals surface area (Å²) in [6, 6.07) is 8.72. The topological polar surface area (TPSA) is 37.3 Å². The second-order valence-electron chi connectivity index (χ2n) is 2.83. The lowest BCUT2D eigenvalue weighted by Crippen LogP contribution is -1.89. The van der Waals surface area contributed by atoms with Crippen LogP contribution >= 0.6 is 0 Å². The first kappa shape index (κ1) is 11.9. The zero-order chi connectivity index (χ0) is 10.3. The van der Waals surface area contributed by atoms with E-state index in [1.807, 2.05) is 0 Å². The highest BCUT2D eigenvalue weighted by Crippen LogP contribution is 2.02. The Morgan fingerprint density at radius 3 is 1.77 bits per heavy atom. The molecule has 0 saturated carbocycles. The molecule has 0 aliphatic heterocycles. The van der Waals surface area contributed by atoms with E-state index in [1.54, 1.807) is 0 Å². The third kappa shape index (κ3) is 6.10. The summed E-state index contributed by atoms with van der Waals surface area (Å²) in [5.41, 5.74) is 2.74. The van der Waals surface area contributed by atoms with Crippen molar-refractivity contribution in [3.8, 4) is 0 Å². The van der Waals surface area contributed by atoms with Gasteiger partial charge in [-0.1, -0.05) is 24.3 Å². The van der Waals surface area contributed by atoms with Crippen molar-refractivity contribution in [2.24, 2.45) is 0 Å². The van der Waals surface area contributed by atoms with E-state index >= 15 is 0 Å². The average molecular weight is 196 g/mol. The minimum atomic E-state index is -0.684. The van der Waals surface area contributed by atoms with Crippen molar-refractivity contribution in [1.82, 2.24) is 0 Å². The minimum absolute atomic E-state index is 0.361. The molecule has 13 heavy (non-hydrogen) atoms. The Kier molecular flexibility index (Phi) is 5.89. The predicted octanol–water partition coefficient (Wildman–Crippen LogP) is 1.16. The second kappa shape index (κ2) is 6.43. The Hall–Kier alpha value is -1.09. The maximum absolute atomic E-state index is 9.40. The molecule has 0 spiro atoms. The van der Waals surface area contributed by atoms with Gasteiger partial charge in [0.2, 0.25) is 0 Å². The van der Waals surface area contributed by atoms with Gasteiger partial charge in [-0.25, -0.2) is 0 Å². The molecule has 1 rings (SSSR count). The summed E-state index contributed by atoms with van der Waals surface area (Å²) in [6.07, 6.45) is 0. The molecular formula is C10H16O2Si. The first-order chi connectivity index (χ1) is 6.07. The first-order valence-corrected chi connectivity index (χ1v) is 5.73. The molecule has 1 aromatic rings. The number of carbonyl (C=O) groups is 1. The van der Waals surface area contributed by atoms with Crippen LogP contribution in [-0.4, -0.2) is 21.3 Å². The van der Waals surface area contributed by atoms with Crippen LogP contribution in [0.4, 0.5) is 0 Å². The standard InChI is InChI=1S/C8H10.C2H6O2Si/c1-7-5-3-4-6-8(7)2;3-2(4)1-5/h3-6H,1-2H3;1H2,5H3,(H,3,4). The predicted molar refractivity (Wildman–Crippen MR) is 58.3 cm³/mol. The van der Waals surface area contributed by atoms with Gasteiger partial charge in [-0.2, -0.15) is 0 Å². The lowest BCUT2D eigenvalue weighted by Gasteiger charge is -1.93. The number of carboxylic acid groups (broad SMARTS) is 1. The van der Waals surface area contributed by atoms with Crippen LogP contribution in [0.15, 0.2) is 24.3 Å². The van der Waals surface area contributed by atoms with Gasteiger partial charge in [0, 0.05) is 16.3 Å². The van der Waals surface area contributed by atoms with Gasteiger partial charge in [0.25, 0.3) is 5.97 Å². The zero-order valence-electron chi connectivity index (χ0n) is 8.37. The minimum Gasteiger partial charge on any atom is -0.481 e. The van der Waals surface area contributed by atoms with Crippen LogP contribution in [0.1, 0.15) is 11.1 Å². The molecule has 3 heteroatoms. The van der Waals surface area contributed by atoms with Crippen LogP contribution in [0.2, 0.25) is 6.04 Å². The van der Waals surface area contributed by atoms with E-state index in [9.17, 15) is 4.79 Å². The van der Waals surface area contributed by atoms with Crippen molar-refractivity contribution in [3.05, 3.63) is 35.4 Å². The molecule has 0 radical (unpaired) electrons. The number of benzene rings is 1.